The van der Waals surface area contributed by atoms with Gasteiger partial charge in [0.15, 0.2) is 5.92 Å². The van der Waals surface area contributed by atoms with Gasteiger partial charge in [0, 0.05) is 12.6 Å². The number of halogens is 3. The van der Waals surface area contributed by atoms with E-state index in [4.69, 9.17) is 5.26 Å². The van der Waals surface area contributed by atoms with Crippen molar-refractivity contribution >= 4 is 0 Å². The first-order chi connectivity index (χ1) is 9.00. The summed E-state index contributed by atoms with van der Waals surface area (Å²) >= 11 is 0. The van der Waals surface area contributed by atoms with Crippen LogP contribution in [-0.2, 0) is 0 Å². The zero-order valence-corrected chi connectivity index (χ0v) is 10.9. The summed E-state index contributed by atoms with van der Waals surface area (Å²) in [5.41, 5.74) is 0. The van der Waals surface area contributed by atoms with Crippen LogP contribution in [0.5, 0.6) is 0 Å². The van der Waals surface area contributed by atoms with Crippen molar-refractivity contribution in [1.82, 2.24) is 10.2 Å². The summed E-state index contributed by atoms with van der Waals surface area (Å²) in [6, 6.07) is 1.93. The first-order valence-electron chi connectivity index (χ1n) is 6.93. The zero-order valence-electron chi connectivity index (χ0n) is 10.9. The number of nitriles is 1. The molecule has 2 heterocycles. The summed E-state index contributed by atoms with van der Waals surface area (Å²) in [5, 5.41) is 12.1. The highest BCUT2D eigenvalue weighted by molar-refractivity contribution is 4.92. The van der Waals surface area contributed by atoms with Crippen LogP contribution in [-0.4, -0.2) is 43.3 Å². The molecule has 19 heavy (non-hydrogen) atoms. The van der Waals surface area contributed by atoms with Gasteiger partial charge in [-0.3, -0.25) is 0 Å². The molecule has 108 valence electrons. The van der Waals surface area contributed by atoms with Crippen molar-refractivity contribution in [3.63, 3.8) is 0 Å². The fourth-order valence-corrected chi connectivity index (χ4v) is 3.13. The number of likely N-dealkylation sites (tertiary alicyclic amines) is 1. The van der Waals surface area contributed by atoms with Crippen LogP contribution in [0.3, 0.4) is 0 Å². The Morgan fingerprint density at radius 2 is 1.95 bits per heavy atom. The van der Waals surface area contributed by atoms with Crippen LogP contribution < -0.4 is 5.32 Å². The maximum atomic E-state index is 12.5. The Labute approximate surface area is 111 Å². The molecule has 0 aromatic heterocycles. The molecule has 0 bridgehead atoms. The maximum absolute atomic E-state index is 12.5. The third-order valence-electron chi connectivity index (χ3n) is 4.29. The molecule has 2 aliphatic rings. The van der Waals surface area contributed by atoms with Gasteiger partial charge in [0.1, 0.15) is 0 Å². The monoisotopic (exact) mass is 275 g/mol. The van der Waals surface area contributed by atoms with Gasteiger partial charge in [-0.25, -0.2) is 0 Å². The topological polar surface area (TPSA) is 39.1 Å². The van der Waals surface area contributed by atoms with Gasteiger partial charge in [-0.2, -0.15) is 18.4 Å². The molecule has 2 atom stereocenters. The van der Waals surface area contributed by atoms with Crippen molar-refractivity contribution in [3.8, 4) is 6.07 Å². The highest BCUT2D eigenvalue weighted by atomic mass is 19.4. The molecule has 0 spiro atoms. The molecule has 2 fully saturated rings. The lowest BCUT2D eigenvalue weighted by molar-refractivity contribution is -0.163. The first kappa shape index (κ1) is 14.6. The predicted octanol–water partition coefficient (Wildman–Crippen LogP) is 2.15. The summed E-state index contributed by atoms with van der Waals surface area (Å²) in [6.07, 6.45) is -0.135. The van der Waals surface area contributed by atoms with E-state index >= 15 is 0 Å². The smallest absolute Gasteiger partial charge is 0.314 e. The minimum absolute atomic E-state index is 0.176. The second kappa shape index (κ2) is 6.10. The second-order valence-corrected chi connectivity index (χ2v) is 5.56. The summed E-state index contributed by atoms with van der Waals surface area (Å²) < 4.78 is 37.6. The van der Waals surface area contributed by atoms with E-state index in [1.807, 2.05) is 0 Å². The molecule has 2 unspecified atom stereocenters. The van der Waals surface area contributed by atoms with Crippen LogP contribution in [0.1, 0.15) is 25.7 Å². The van der Waals surface area contributed by atoms with Crippen molar-refractivity contribution in [2.45, 2.75) is 37.9 Å². The molecule has 1 N–H and O–H groups in total. The number of nitrogens with zero attached hydrogens (tertiary/aromatic N) is 2. The van der Waals surface area contributed by atoms with Gasteiger partial charge in [0.25, 0.3) is 0 Å². The number of nitrogens with one attached hydrogen (secondary N) is 1. The van der Waals surface area contributed by atoms with Gasteiger partial charge in [-0.05, 0) is 51.2 Å². The highest BCUT2D eigenvalue weighted by Gasteiger charge is 2.41. The van der Waals surface area contributed by atoms with Crippen LogP contribution >= 0.6 is 0 Å². The standard InChI is InChI=1S/C13H20F3N3/c14-13(15,16)11(8-17)9-19-6-3-10(4-7-19)12-2-1-5-18-12/h10-12,18H,1-7,9H2. The van der Waals surface area contributed by atoms with Crippen LogP contribution in [0.4, 0.5) is 13.2 Å². The number of piperidine rings is 1. The molecule has 0 aromatic rings. The molecule has 2 rings (SSSR count). The van der Waals surface area contributed by atoms with Gasteiger partial charge in [0.2, 0.25) is 0 Å². The van der Waals surface area contributed by atoms with Crippen LogP contribution in [0.15, 0.2) is 0 Å². The lowest BCUT2D eigenvalue weighted by Crippen LogP contribution is -2.44. The number of rotatable bonds is 3. The van der Waals surface area contributed by atoms with Crippen LogP contribution in [0.25, 0.3) is 0 Å². The molecule has 0 radical (unpaired) electrons. The fourth-order valence-electron chi connectivity index (χ4n) is 3.13. The zero-order chi connectivity index (χ0) is 13.9. The average molecular weight is 275 g/mol. The maximum Gasteiger partial charge on any atom is 0.405 e. The number of hydrogen-bond donors (Lipinski definition) is 1. The Morgan fingerprint density at radius 3 is 2.42 bits per heavy atom. The number of hydrogen-bond acceptors (Lipinski definition) is 3. The van der Waals surface area contributed by atoms with Gasteiger partial charge in [0.05, 0.1) is 6.07 Å². The molecule has 3 nitrogen and oxygen atoms in total. The van der Waals surface area contributed by atoms with Crippen LogP contribution in [0.2, 0.25) is 0 Å². The largest absolute Gasteiger partial charge is 0.405 e. The SMILES string of the molecule is N#CC(CN1CCC(C2CCCN2)CC1)C(F)(F)F. The highest BCUT2D eigenvalue weighted by Crippen LogP contribution is 2.29. The second-order valence-electron chi connectivity index (χ2n) is 5.56. The Morgan fingerprint density at radius 1 is 1.26 bits per heavy atom. The van der Waals surface area contributed by atoms with E-state index in [-0.39, 0.29) is 6.54 Å². The molecule has 2 aliphatic heterocycles. The van der Waals surface area contributed by atoms with E-state index in [1.165, 1.54) is 18.9 Å². The van der Waals surface area contributed by atoms with Gasteiger partial charge < -0.3 is 10.2 Å². The lowest BCUT2D eigenvalue weighted by Gasteiger charge is -2.35. The Balaban J connectivity index is 1.78. The van der Waals surface area contributed by atoms with Gasteiger partial charge >= 0.3 is 6.18 Å². The first-order valence-corrected chi connectivity index (χ1v) is 6.93. The van der Waals surface area contributed by atoms with Crippen molar-refractivity contribution in [1.29, 1.82) is 5.26 Å². The lowest BCUT2D eigenvalue weighted by atomic mass is 9.88. The normalized spacial score (nSPS) is 28.2. The molecular formula is C13H20F3N3. The molecule has 0 aromatic carbocycles. The van der Waals surface area contributed by atoms with Gasteiger partial charge in [-0.1, -0.05) is 0 Å². The van der Waals surface area contributed by atoms with Crippen LogP contribution in [0, 0.1) is 23.2 Å². The molecule has 0 aliphatic carbocycles. The quantitative estimate of drug-likeness (QED) is 0.858. The van der Waals surface area contributed by atoms with Gasteiger partial charge in [-0.15, -0.1) is 0 Å². The third kappa shape index (κ3) is 3.83. The Hall–Kier alpha value is -0.800. The van der Waals surface area contributed by atoms with E-state index in [9.17, 15) is 13.2 Å². The van der Waals surface area contributed by atoms with E-state index in [0.717, 1.165) is 19.4 Å². The van der Waals surface area contributed by atoms with Crippen molar-refractivity contribution in [2.24, 2.45) is 11.8 Å². The number of alkyl halides is 3. The summed E-state index contributed by atoms with van der Waals surface area (Å²) in [5.74, 6) is -1.26. The summed E-state index contributed by atoms with van der Waals surface area (Å²) in [6.45, 7) is 2.24. The van der Waals surface area contributed by atoms with Crippen molar-refractivity contribution < 1.29 is 13.2 Å². The predicted molar refractivity (Wildman–Crippen MR) is 65.3 cm³/mol. The minimum Gasteiger partial charge on any atom is -0.314 e. The molecule has 0 saturated carbocycles. The fraction of sp³-hybridized carbons (Fsp3) is 0.923. The summed E-state index contributed by atoms with van der Waals surface area (Å²) in [4.78, 5) is 1.78. The molecule has 6 heteroatoms. The summed E-state index contributed by atoms with van der Waals surface area (Å²) in [7, 11) is 0. The minimum atomic E-state index is -4.40. The van der Waals surface area contributed by atoms with E-state index in [0.29, 0.717) is 25.0 Å². The van der Waals surface area contributed by atoms with Crippen molar-refractivity contribution in [2.75, 3.05) is 26.2 Å². The molecular weight excluding hydrogens is 255 g/mol. The van der Waals surface area contributed by atoms with Crippen molar-refractivity contribution in [3.05, 3.63) is 0 Å². The molecule has 2 saturated heterocycles. The third-order valence-corrected chi connectivity index (χ3v) is 4.29. The molecule has 0 amide bonds. The van der Waals surface area contributed by atoms with E-state index in [1.54, 1.807) is 4.90 Å². The Bertz CT molecular complexity index is 323. The van der Waals surface area contributed by atoms with E-state index < -0.39 is 12.1 Å². The Kier molecular flexibility index (Phi) is 4.69. The average Bonchev–Trinajstić information content (AvgIpc) is 2.89. The van der Waals surface area contributed by atoms with E-state index in [2.05, 4.69) is 5.32 Å².